The number of hydrogen-bond donors (Lipinski definition) is 1. The highest BCUT2D eigenvalue weighted by atomic mass is 15.3. The third-order valence-electron chi connectivity index (χ3n) is 2.48. The van der Waals surface area contributed by atoms with Crippen molar-refractivity contribution in [1.82, 2.24) is 9.97 Å². The zero-order chi connectivity index (χ0) is 12.7. The Balaban J connectivity index is 2.81. The lowest BCUT2D eigenvalue weighted by Crippen LogP contribution is -2.28. The second kappa shape index (κ2) is 7.06. The van der Waals surface area contributed by atoms with Crippen LogP contribution in [0.3, 0.4) is 0 Å². The standard InChI is InChI=1S/C12H23N5/c1-4-9-17(10-5-7-13)11-6-8-14-12(15-11)16(2)3/h6,8H,4-5,7,9-10,13H2,1-3H3. The Kier molecular flexibility index (Phi) is 5.69. The zero-order valence-electron chi connectivity index (χ0n) is 11.1. The van der Waals surface area contributed by atoms with Crippen LogP contribution in [0.15, 0.2) is 12.3 Å². The number of nitrogens with zero attached hydrogens (tertiary/aromatic N) is 4. The van der Waals surface area contributed by atoms with Gasteiger partial charge in [-0.1, -0.05) is 6.92 Å². The van der Waals surface area contributed by atoms with Gasteiger partial charge in [0, 0.05) is 33.4 Å². The molecule has 0 atom stereocenters. The SMILES string of the molecule is CCCN(CCCN)c1ccnc(N(C)C)n1. The maximum Gasteiger partial charge on any atom is 0.226 e. The summed E-state index contributed by atoms with van der Waals surface area (Å²) in [6.07, 6.45) is 3.90. The van der Waals surface area contributed by atoms with Crippen LogP contribution in [0.2, 0.25) is 0 Å². The molecular formula is C12H23N5. The molecule has 5 heteroatoms. The number of rotatable bonds is 7. The van der Waals surface area contributed by atoms with Gasteiger partial charge in [0.2, 0.25) is 5.95 Å². The summed E-state index contributed by atoms with van der Waals surface area (Å²) >= 11 is 0. The van der Waals surface area contributed by atoms with Gasteiger partial charge in [-0.15, -0.1) is 0 Å². The first-order chi connectivity index (χ1) is 8.19. The van der Waals surface area contributed by atoms with Gasteiger partial charge in [-0.05, 0) is 25.5 Å². The lowest BCUT2D eigenvalue weighted by atomic mass is 10.3. The molecule has 1 aromatic rings. The predicted octanol–water partition coefficient (Wildman–Crippen LogP) is 1.11. The topological polar surface area (TPSA) is 58.3 Å². The molecule has 0 aliphatic heterocycles. The number of anilines is 2. The van der Waals surface area contributed by atoms with Gasteiger partial charge >= 0.3 is 0 Å². The molecule has 0 unspecified atom stereocenters. The molecule has 96 valence electrons. The Hall–Kier alpha value is -1.36. The van der Waals surface area contributed by atoms with E-state index < -0.39 is 0 Å². The van der Waals surface area contributed by atoms with Crippen LogP contribution in [0.5, 0.6) is 0 Å². The van der Waals surface area contributed by atoms with Crippen molar-refractivity contribution < 1.29 is 0 Å². The largest absolute Gasteiger partial charge is 0.356 e. The fraction of sp³-hybridized carbons (Fsp3) is 0.667. The molecule has 17 heavy (non-hydrogen) atoms. The Morgan fingerprint density at radius 1 is 1.29 bits per heavy atom. The molecule has 0 aromatic carbocycles. The van der Waals surface area contributed by atoms with E-state index in [1.54, 1.807) is 0 Å². The summed E-state index contributed by atoms with van der Waals surface area (Å²) in [7, 11) is 3.90. The van der Waals surface area contributed by atoms with Gasteiger partial charge in [0.1, 0.15) is 5.82 Å². The number of hydrogen-bond acceptors (Lipinski definition) is 5. The van der Waals surface area contributed by atoms with Crippen molar-refractivity contribution >= 4 is 11.8 Å². The molecule has 0 amide bonds. The Morgan fingerprint density at radius 2 is 2.06 bits per heavy atom. The second-order valence-corrected chi connectivity index (χ2v) is 4.24. The third kappa shape index (κ3) is 4.19. The van der Waals surface area contributed by atoms with Gasteiger partial charge in [0.05, 0.1) is 0 Å². The van der Waals surface area contributed by atoms with Gasteiger partial charge in [-0.25, -0.2) is 4.98 Å². The highest BCUT2D eigenvalue weighted by Gasteiger charge is 2.08. The average Bonchev–Trinajstić information content (AvgIpc) is 2.34. The molecule has 0 bridgehead atoms. The molecule has 0 spiro atoms. The normalized spacial score (nSPS) is 10.4. The van der Waals surface area contributed by atoms with Crippen molar-refractivity contribution in [3.8, 4) is 0 Å². The zero-order valence-corrected chi connectivity index (χ0v) is 11.1. The maximum absolute atomic E-state index is 5.56. The summed E-state index contributed by atoms with van der Waals surface area (Å²) in [6, 6.07) is 1.96. The molecule has 0 radical (unpaired) electrons. The van der Waals surface area contributed by atoms with E-state index in [0.717, 1.165) is 37.7 Å². The van der Waals surface area contributed by atoms with Crippen LogP contribution in [0.1, 0.15) is 19.8 Å². The summed E-state index contributed by atoms with van der Waals surface area (Å²) < 4.78 is 0. The summed E-state index contributed by atoms with van der Waals surface area (Å²) in [5.74, 6) is 1.73. The number of nitrogens with two attached hydrogens (primary N) is 1. The van der Waals surface area contributed by atoms with Gasteiger partial charge in [-0.2, -0.15) is 4.98 Å². The minimum absolute atomic E-state index is 0.714. The predicted molar refractivity (Wildman–Crippen MR) is 72.5 cm³/mol. The van der Waals surface area contributed by atoms with Crippen LogP contribution >= 0.6 is 0 Å². The van der Waals surface area contributed by atoms with E-state index in [0.29, 0.717) is 6.54 Å². The maximum atomic E-state index is 5.56. The summed E-state index contributed by atoms with van der Waals surface area (Å²) in [6.45, 7) is 4.84. The van der Waals surface area contributed by atoms with Crippen molar-refractivity contribution in [1.29, 1.82) is 0 Å². The third-order valence-corrected chi connectivity index (χ3v) is 2.48. The Bertz CT molecular complexity index is 326. The van der Waals surface area contributed by atoms with E-state index in [1.807, 2.05) is 31.3 Å². The molecule has 0 fully saturated rings. The smallest absolute Gasteiger partial charge is 0.226 e. The average molecular weight is 237 g/mol. The fourth-order valence-corrected chi connectivity index (χ4v) is 1.62. The lowest BCUT2D eigenvalue weighted by molar-refractivity contribution is 0.710. The highest BCUT2D eigenvalue weighted by Crippen LogP contribution is 2.14. The van der Waals surface area contributed by atoms with E-state index in [9.17, 15) is 0 Å². The lowest BCUT2D eigenvalue weighted by Gasteiger charge is -2.23. The number of aromatic nitrogens is 2. The minimum atomic E-state index is 0.714. The summed E-state index contributed by atoms with van der Waals surface area (Å²) in [5, 5.41) is 0. The molecule has 2 N–H and O–H groups in total. The molecule has 0 saturated carbocycles. The minimum Gasteiger partial charge on any atom is -0.356 e. The van der Waals surface area contributed by atoms with Crippen LogP contribution in [0.25, 0.3) is 0 Å². The Morgan fingerprint density at radius 3 is 2.65 bits per heavy atom. The molecule has 1 heterocycles. The first-order valence-electron chi connectivity index (χ1n) is 6.14. The second-order valence-electron chi connectivity index (χ2n) is 4.24. The fourth-order valence-electron chi connectivity index (χ4n) is 1.62. The van der Waals surface area contributed by atoms with Crippen LogP contribution in [0, 0.1) is 0 Å². The quantitative estimate of drug-likeness (QED) is 0.770. The van der Waals surface area contributed by atoms with Gasteiger partial charge in [0.25, 0.3) is 0 Å². The summed E-state index contributed by atoms with van der Waals surface area (Å²) in [4.78, 5) is 12.9. The van der Waals surface area contributed by atoms with Crippen LogP contribution < -0.4 is 15.5 Å². The molecule has 1 rings (SSSR count). The van der Waals surface area contributed by atoms with Gasteiger partial charge in [0.15, 0.2) is 0 Å². The molecule has 0 aliphatic rings. The van der Waals surface area contributed by atoms with E-state index in [2.05, 4.69) is 21.8 Å². The summed E-state index contributed by atoms with van der Waals surface area (Å²) in [5.41, 5.74) is 5.56. The van der Waals surface area contributed by atoms with E-state index in [1.165, 1.54) is 0 Å². The van der Waals surface area contributed by atoms with Crippen molar-refractivity contribution in [2.45, 2.75) is 19.8 Å². The molecule has 0 aliphatic carbocycles. The molecule has 0 saturated heterocycles. The first kappa shape index (κ1) is 13.7. The molecule has 1 aromatic heterocycles. The van der Waals surface area contributed by atoms with Gasteiger partial charge in [-0.3, -0.25) is 0 Å². The molecular weight excluding hydrogens is 214 g/mol. The van der Waals surface area contributed by atoms with Gasteiger partial charge < -0.3 is 15.5 Å². The van der Waals surface area contributed by atoms with Crippen molar-refractivity contribution in [2.75, 3.05) is 43.5 Å². The van der Waals surface area contributed by atoms with Crippen LogP contribution in [-0.2, 0) is 0 Å². The van der Waals surface area contributed by atoms with E-state index in [-0.39, 0.29) is 0 Å². The highest BCUT2D eigenvalue weighted by molar-refractivity contribution is 5.42. The van der Waals surface area contributed by atoms with Crippen LogP contribution in [0.4, 0.5) is 11.8 Å². The van der Waals surface area contributed by atoms with Crippen molar-refractivity contribution in [2.24, 2.45) is 5.73 Å². The molecule has 5 nitrogen and oxygen atoms in total. The van der Waals surface area contributed by atoms with Crippen molar-refractivity contribution in [3.05, 3.63) is 12.3 Å². The van der Waals surface area contributed by atoms with Crippen molar-refractivity contribution in [3.63, 3.8) is 0 Å². The first-order valence-corrected chi connectivity index (χ1v) is 6.14. The monoisotopic (exact) mass is 237 g/mol. The Labute approximate surface area is 104 Å². The van der Waals surface area contributed by atoms with E-state index >= 15 is 0 Å². The van der Waals surface area contributed by atoms with Crippen LogP contribution in [-0.4, -0.2) is 43.7 Å². The van der Waals surface area contributed by atoms with E-state index in [4.69, 9.17) is 5.73 Å².